The van der Waals surface area contributed by atoms with Crippen molar-refractivity contribution >= 4 is 17.9 Å². The first kappa shape index (κ1) is 55.8. The Balaban J connectivity index is 4.39. The number of allylic oxidation sites excluding steroid dienone is 12. The van der Waals surface area contributed by atoms with Crippen LogP contribution in [-0.4, -0.2) is 80.6 Å². The number of likely N-dealkylation sites (N-methyl/N-ethyl adjacent to an activating group) is 1. The summed E-state index contributed by atoms with van der Waals surface area (Å²) < 4.78 is 17.3. The summed E-state index contributed by atoms with van der Waals surface area (Å²) in [5.74, 6) is -1.52. The van der Waals surface area contributed by atoms with Crippen molar-refractivity contribution in [3.63, 3.8) is 0 Å². The quantitative estimate of drug-likeness (QED) is 0.0215. The number of carbonyl (C=O) groups excluding carboxylic acids is 2. The maximum Gasteiger partial charge on any atom is 0.362 e. The summed E-state index contributed by atoms with van der Waals surface area (Å²) in [6.07, 6.45) is 52.3. The van der Waals surface area contributed by atoms with Gasteiger partial charge >= 0.3 is 17.9 Å². The number of carboxylic acid groups (broad SMARTS) is 1. The van der Waals surface area contributed by atoms with Crippen LogP contribution in [0.2, 0.25) is 0 Å². The van der Waals surface area contributed by atoms with Gasteiger partial charge in [-0.25, -0.2) is 4.79 Å². The normalized spacial score (nSPS) is 13.6. The topological polar surface area (TPSA) is 99.1 Å². The fraction of sp³-hybridized carbons (Fsp3) is 0.706. The number of aliphatic carboxylic acids is 1. The highest BCUT2D eigenvalue weighted by Gasteiger charge is 2.31. The van der Waals surface area contributed by atoms with Crippen LogP contribution < -0.4 is 0 Å². The summed E-state index contributed by atoms with van der Waals surface area (Å²) >= 11 is 0. The molecule has 0 bridgehead atoms. The van der Waals surface area contributed by atoms with Gasteiger partial charge in [-0.05, 0) is 77.0 Å². The second kappa shape index (κ2) is 41.5. The smallest absolute Gasteiger partial charge is 0.362 e. The molecular weight excluding hydrogens is 739 g/mol. The molecule has 0 aromatic heterocycles. The molecular formula is C51H88NO7+. The third-order valence-electron chi connectivity index (χ3n) is 10.1. The Kier molecular flexibility index (Phi) is 39.2. The van der Waals surface area contributed by atoms with E-state index in [1.54, 1.807) is 0 Å². The fourth-order valence-corrected chi connectivity index (χ4v) is 6.48. The van der Waals surface area contributed by atoms with Crippen LogP contribution in [0.5, 0.6) is 0 Å². The van der Waals surface area contributed by atoms with E-state index in [1.165, 1.54) is 57.8 Å². The third kappa shape index (κ3) is 40.0. The minimum atomic E-state index is -0.884. The zero-order chi connectivity index (χ0) is 43.5. The summed E-state index contributed by atoms with van der Waals surface area (Å²) in [5, 5.41) is 9.63. The molecule has 1 N–H and O–H groups in total. The molecule has 0 saturated heterocycles. The number of esters is 2. The zero-order valence-corrected chi connectivity index (χ0v) is 38.4. The van der Waals surface area contributed by atoms with Crippen molar-refractivity contribution < 1.29 is 38.2 Å². The molecule has 0 radical (unpaired) electrons. The predicted octanol–water partition coefficient (Wildman–Crippen LogP) is 13.1. The van der Waals surface area contributed by atoms with E-state index < -0.39 is 18.1 Å². The van der Waals surface area contributed by atoms with Crippen LogP contribution in [0.3, 0.4) is 0 Å². The molecule has 2 unspecified atom stereocenters. The summed E-state index contributed by atoms with van der Waals surface area (Å²) in [6, 6.07) is -0.625. The lowest BCUT2D eigenvalue weighted by Gasteiger charge is -2.31. The Labute approximate surface area is 361 Å². The average molecular weight is 827 g/mol. The van der Waals surface area contributed by atoms with E-state index in [0.717, 1.165) is 89.9 Å². The van der Waals surface area contributed by atoms with E-state index in [1.807, 2.05) is 21.1 Å². The van der Waals surface area contributed by atoms with Crippen LogP contribution in [0.15, 0.2) is 72.9 Å². The highest BCUT2D eigenvalue weighted by Crippen LogP contribution is 2.13. The lowest BCUT2D eigenvalue weighted by molar-refractivity contribution is -0.887. The molecule has 0 fully saturated rings. The Bertz CT molecular complexity index is 1190. The van der Waals surface area contributed by atoms with Crippen LogP contribution >= 0.6 is 0 Å². The molecule has 8 nitrogen and oxygen atoms in total. The molecule has 0 saturated carbocycles. The average Bonchev–Trinajstić information content (AvgIpc) is 3.19. The number of hydrogen-bond donors (Lipinski definition) is 1. The van der Waals surface area contributed by atoms with Gasteiger partial charge in [-0.3, -0.25) is 9.59 Å². The number of hydrogen-bond acceptors (Lipinski definition) is 6. The van der Waals surface area contributed by atoms with Crippen LogP contribution in [0.4, 0.5) is 0 Å². The second-order valence-electron chi connectivity index (χ2n) is 16.7. The Morgan fingerprint density at radius 3 is 1.53 bits per heavy atom. The molecule has 2 atom stereocenters. The number of carboxylic acids is 1. The molecule has 0 heterocycles. The largest absolute Gasteiger partial charge is 0.477 e. The molecule has 0 aliphatic carbocycles. The van der Waals surface area contributed by atoms with Gasteiger partial charge in [0.2, 0.25) is 0 Å². The highest BCUT2D eigenvalue weighted by molar-refractivity contribution is 5.72. The van der Waals surface area contributed by atoms with Gasteiger partial charge < -0.3 is 23.8 Å². The summed E-state index contributed by atoms with van der Waals surface area (Å²) in [7, 11) is 5.51. The molecule has 0 spiro atoms. The molecule has 0 aromatic rings. The minimum Gasteiger partial charge on any atom is -0.477 e. The van der Waals surface area contributed by atoms with Gasteiger partial charge in [0.05, 0.1) is 34.4 Å². The standard InChI is InChI=1S/C51H87NO7/c1-6-8-10-12-14-16-18-20-22-24-25-26-28-30-32-34-36-38-40-42-50(54)59-47(45-57-44-43-48(51(55)56)52(3,4)5)46-58-49(53)41-39-37-35-33-31-29-27-23-21-19-17-15-13-11-9-7-2/h8,10,14,16,20,22-23,25-27,29,31,47-48H,6-7,9,11-13,15,17-19,21,24,28,30,32-46H2,1-5H3/p+1/b10-8+,16-14+,22-20+,26-25+,27-23+,31-29+. The summed E-state index contributed by atoms with van der Waals surface area (Å²) in [4.78, 5) is 37.0. The monoisotopic (exact) mass is 827 g/mol. The van der Waals surface area contributed by atoms with Crippen LogP contribution in [-0.2, 0) is 28.6 Å². The summed E-state index contributed by atoms with van der Waals surface area (Å²) in [5.41, 5.74) is 0. The SMILES string of the molecule is CC/C=C/C/C=C/C/C=C/C/C=C/CCCCCCCCC(=O)OC(COCCC(C(=O)O)[N+](C)(C)C)COC(=O)CCCCC/C=C/C=C/CCCCCCCCC. The van der Waals surface area contributed by atoms with E-state index >= 15 is 0 Å². The molecule has 338 valence electrons. The number of quaternary nitrogens is 1. The van der Waals surface area contributed by atoms with E-state index in [2.05, 4.69) is 86.8 Å². The van der Waals surface area contributed by atoms with Gasteiger partial charge in [0.1, 0.15) is 6.61 Å². The zero-order valence-electron chi connectivity index (χ0n) is 38.4. The Morgan fingerprint density at radius 2 is 1.00 bits per heavy atom. The molecule has 0 rings (SSSR count). The maximum absolute atomic E-state index is 12.8. The van der Waals surface area contributed by atoms with E-state index in [0.29, 0.717) is 19.3 Å². The van der Waals surface area contributed by atoms with Crippen LogP contribution in [0.1, 0.15) is 181 Å². The van der Waals surface area contributed by atoms with Gasteiger partial charge in [0.25, 0.3) is 0 Å². The van der Waals surface area contributed by atoms with Gasteiger partial charge in [0.15, 0.2) is 12.1 Å². The van der Waals surface area contributed by atoms with E-state index in [9.17, 15) is 19.5 Å². The van der Waals surface area contributed by atoms with Crippen molar-refractivity contribution in [3.05, 3.63) is 72.9 Å². The number of ether oxygens (including phenoxy) is 3. The fourth-order valence-electron chi connectivity index (χ4n) is 6.48. The first-order valence-electron chi connectivity index (χ1n) is 23.5. The van der Waals surface area contributed by atoms with Gasteiger partial charge in [0, 0.05) is 19.3 Å². The third-order valence-corrected chi connectivity index (χ3v) is 10.1. The van der Waals surface area contributed by atoms with Crippen molar-refractivity contribution in [1.29, 1.82) is 0 Å². The van der Waals surface area contributed by atoms with Crippen molar-refractivity contribution in [1.82, 2.24) is 0 Å². The van der Waals surface area contributed by atoms with E-state index in [-0.39, 0.29) is 36.2 Å². The number of nitrogens with zero attached hydrogens (tertiary/aromatic N) is 1. The molecule has 59 heavy (non-hydrogen) atoms. The van der Waals surface area contributed by atoms with Crippen molar-refractivity contribution in [3.8, 4) is 0 Å². The molecule has 8 heteroatoms. The second-order valence-corrected chi connectivity index (χ2v) is 16.7. The van der Waals surface area contributed by atoms with Gasteiger partial charge in [-0.15, -0.1) is 0 Å². The molecule has 0 aliphatic heterocycles. The van der Waals surface area contributed by atoms with Crippen LogP contribution in [0.25, 0.3) is 0 Å². The Morgan fingerprint density at radius 1 is 0.542 bits per heavy atom. The minimum absolute atomic E-state index is 0.0433. The van der Waals surface area contributed by atoms with Gasteiger partial charge in [-0.2, -0.15) is 0 Å². The van der Waals surface area contributed by atoms with Crippen LogP contribution in [0, 0.1) is 0 Å². The van der Waals surface area contributed by atoms with Crippen molar-refractivity contribution in [2.75, 3.05) is 41.0 Å². The van der Waals surface area contributed by atoms with Crippen molar-refractivity contribution in [2.24, 2.45) is 0 Å². The summed E-state index contributed by atoms with van der Waals surface area (Å²) in [6.45, 7) is 4.57. The lowest BCUT2D eigenvalue weighted by Crippen LogP contribution is -2.50. The lowest BCUT2D eigenvalue weighted by atomic mass is 10.1. The number of rotatable bonds is 41. The van der Waals surface area contributed by atoms with Crippen molar-refractivity contribution in [2.45, 2.75) is 193 Å². The van der Waals surface area contributed by atoms with Gasteiger partial charge in [-0.1, -0.05) is 157 Å². The molecule has 0 aliphatic rings. The number of carbonyl (C=O) groups is 3. The Hall–Kier alpha value is -3.23. The molecule has 0 aromatic carbocycles. The highest BCUT2D eigenvalue weighted by atomic mass is 16.6. The molecule has 0 amide bonds. The maximum atomic E-state index is 12.8. The first-order valence-corrected chi connectivity index (χ1v) is 23.5. The number of unbranched alkanes of at least 4 members (excludes halogenated alkanes) is 16. The van der Waals surface area contributed by atoms with E-state index in [4.69, 9.17) is 14.2 Å². The predicted molar refractivity (Wildman–Crippen MR) is 247 cm³/mol. The first-order chi connectivity index (χ1) is 28.6.